The third-order valence-electron chi connectivity index (χ3n) is 2.85. The molecule has 0 amide bonds. The molecular weight excluding hydrogens is 316 g/mol. The van der Waals surface area contributed by atoms with Crippen molar-refractivity contribution in [1.29, 1.82) is 5.26 Å². The fourth-order valence-electron chi connectivity index (χ4n) is 1.78. The van der Waals surface area contributed by atoms with Gasteiger partial charge in [-0.05, 0) is 48.4 Å². The van der Waals surface area contributed by atoms with Gasteiger partial charge in [-0.1, -0.05) is 28.1 Å². The summed E-state index contributed by atoms with van der Waals surface area (Å²) in [7, 11) is 0. The maximum absolute atomic E-state index is 8.45. The van der Waals surface area contributed by atoms with Crippen LogP contribution in [-0.4, -0.2) is 6.61 Å². The summed E-state index contributed by atoms with van der Waals surface area (Å²) in [4.78, 5) is 0. The van der Waals surface area contributed by atoms with E-state index in [-0.39, 0.29) is 6.61 Å². The number of ether oxygens (including phenoxy) is 1. The number of anilines is 1. The Morgan fingerprint density at radius 3 is 2.60 bits per heavy atom. The summed E-state index contributed by atoms with van der Waals surface area (Å²) in [6.07, 6.45) is 0. The van der Waals surface area contributed by atoms with Gasteiger partial charge in [0.05, 0.1) is 0 Å². The molecular formula is C16H15BrN2O. The first-order chi connectivity index (χ1) is 9.69. The van der Waals surface area contributed by atoms with Gasteiger partial charge in [0, 0.05) is 16.7 Å². The van der Waals surface area contributed by atoms with Crippen LogP contribution in [0.5, 0.6) is 5.75 Å². The van der Waals surface area contributed by atoms with Crippen molar-refractivity contribution in [1.82, 2.24) is 0 Å². The van der Waals surface area contributed by atoms with E-state index in [1.54, 1.807) is 0 Å². The Bertz CT molecular complexity index is 617. The van der Waals surface area contributed by atoms with E-state index in [9.17, 15) is 0 Å². The second kappa shape index (κ2) is 6.97. The number of rotatable bonds is 5. The molecule has 0 fully saturated rings. The molecule has 0 spiro atoms. The number of nitrogens with zero attached hydrogens (tertiary/aromatic N) is 1. The lowest BCUT2D eigenvalue weighted by Crippen LogP contribution is -2.00. The molecule has 0 bridgehead atoms. The lowest BCUT2D eigenvalue weighted by molar-refractivity contribution is 0.368. The highest BCUT2D eigenvalue weighted by molar-refractivity contribution is 9.10. The van der Waals surface area contributed by atoms with Gasteiger partial charge < -0.3 is 10.1 Å². The lowest BCUT2D eigenvalue weighted by atomic mass is 10.1. The van der Waals surface area contributed by atoms with Gasteiger partial charge in [0.1, 0.15) is 11.8 Å². The molecule has 3 nitrogen and oxygen atoms in total. The van der Waals surface area contributed by atoms with Gasteiger partial charge in [-0.15, -0.1) is 0 Å². The fraction of sp³-hybridized carbons (Fsp3) is 0.188. The zero-order valence-corrected chi connectivity index (χ0v) is 12.8. The predicted molar refractivity (Wildman–Crippen MR) is 83.8 cm³/mol. The van der Waals surface area contributed by atoms with E-state index in [1.165, 1.54) is 11.1 Å². The summed E-state index contributed by atoms with van der Waals surface area (Å²) in [5.41, 5.74) is 3.46. The number of aryl methyl sites for hydroxylation is 1. The van der Waals surface area contributed by atoms with Crippen LogP contribution in [0.25, 0.3) is 0 Å². The summed E-state index contributed by atoms with van der Waals surface area (Å²) in [5, 5.41) is 11.8. The third kappa shape index (κ3) is 4.01. The molecule has 0 radical (unpaired) electrons. The molecule has 0 heterocycles. The molecule has 0 aliphatic carbocycles. The summed E-state index contributed by atoms with van der Waals surface area (Å²) in [5.74, 6) is 0.702. The maximum atomic E-state index is 8.45. The molecule has 0 unspecified atom stereocenters. The number of nitriles is 1. The Hall–Kier alpha value is -1.99. The van der Waals surface area contributed by atoms with Gasteiger partial charge >= 0.3 is 0 Å². The SMILES string of the molecule is Cc1ccc(CNc2ccc(OCC#N)cc2)c(Br)c1. The lowest BCUT2D eigenvalue weighted by Gasteiger charge is -2.09. The number of benzene rings is 2. The fourth-order valence-corrected chi connectivity index (χ4v) is 2.41. The molecule has 0 aliphatic heterocycles. The normalized spacial score (nSPS) is 9.85. The molecule has 0 aliphatic rings. The predicted octanol–water partition coefficient (Wildman–Crippen LogP) is 4.27. The van der Waals surface area contributed by atoms with Gasteiger partial charge in [-0.3, -0.25) is 0 Å². The van der Waals surface area contributed by atoms with Gasteiger partial charge in [0.15, 0.2) is 6.61 Å². The molecule has 2 aromatic rings. The van der Waals surface area contributed by atoms with Crippen LogP contribution < -0.4 is 10.1 Å². The zero-order valence-electron chi connectivity index (χ0n) is 11.2. The van der Waals surface area contributed by atoms with Crippen molar-refractivity contribution in [3.05, 3.63) is 58.1 Å². The van der Waals surface area contributed by atoms with Crippen LogP contribution in [0.4, 0.5) is 5.69 Å². The summed E-state index contributed by atoms with van der Waals surface area (Å²) < 4.78 is 6.32. The molecule has 1 N–H and O–H groups in total. The monoisotopic (exact) mass is 330 g/mol. The third-order valence-corrected chi connectivity index (χ3v) is 3.59. The second-order valence-electron chi connectivity index (χ2n) is 4.42. The van der Waals surface area contributed by atoms with Crippen molar-refractivity contribution >= 4 is 21.6 Å². The van der Waals surface area contributed by atoms with E-state index in [2.05, 4.69) is 46.4 Å². The highest BCUT2D eigenvalue weighted by atomic mass is 79.9. The van der Waals surface area contributed by atoms with Crippen LogP contribution in [-0.2, 0) is 6.54 Å². The largest absolute Gasteiger partial charge is 0.479 e. The molecule has 0 saturated carbocycles. The highest BCUT2D eigenvalue weighted by Crippen LogP contribution is 2.21. The summed E-state index contributed by atoms with van der Waals surface area (Å²) in [6, 6.07) is 15.8. The molecule has 2 rings (SSSR count). The van der Waals surface area contributed by atoms with E-state index in [4.69, 9.17) is 10.00 Å². The molecule has 4 heteroatoms. The van der Waals surface area contributed by atoms with Crippen molar-refractivity contribution in [2.24, 2.45) is 0 Å². The second-order valence-corrected chi connectivity index (χ2v) is 5.27. The maximum Gasteiger partial charge on any atom is 0.174 e. The zero-order chi connectivity index (χ0) is 14.4. The summed E-state index contributed by atoms with van der Waals surface area (Å²) >= 11 is 3.57. The van der Waals surface area contributed by atoms with E-state index >= 15 is 0 Å². The minimum atomic E-state index is 0.0725. The smallest absolute Gasteiger partial charge is 0.174 e. The van der Waals surface area contributed by atoms with Crippen LogP contribution in [0, 0.1) is 18.3 Å². The van der Waals surface area contributed by atoms with Crippen molar-refractivity contribution in [3.63, 3.8) is 0 Å². The van der Waals surface area contributed by atoms with E-state index in [0.29, 0.717) is 5.75 Å². The van der Waals surface area contributed by atoms with Gasteiger partial charge in [0.25, 0.3) is 0 Å². The van der Waals surface area contributed by atoms with Crippen LogP contribution in [0.1, 0.15) is 11.1 Å². The Labute approximate surface area is 127 Å². The van der Waals surface area contributed by atoms with Crippen molar-refractivity contribution in [2.45, 2.75) is 13.5 Å². The van der Waals surface area contributed by atoms with E-state index in [1.807, 2.05) is 30.3 Å². The van der Waals surface area contributed by atoms with Crippen LogP contribution in [0.2, 0.25) is 0 Å². The molecule has 2 aromatic carbocycles. The molecule has 0 saturated heterocycles. The molecule has 0 aromatic heterocycles. The van der Waals surface area contributed by atoms with Gasteiger partial charge in [0.2, 0.25) is 0 Å². The number of hydrogen-bond acceptors (Lipinski definition) is 3. The average Bonchev–Trinajstić information content (AvgIpc) is 2.45. The number of hydrogen-bond donors (Lipinski definition) is 1. The van der Waals surface area contributed by atoms with E-state index < -0.39 is 0 Å². The van der Waals surface area contributed by atoms with Gasteiger partial charge in [-0.25, -0.2) is 0 Å². The molecule has 20 heavy (non-hydrogen) atoms. The van der Waals surface area contributed by atoms with E-state index in [0.717, 1.165) is 16.7 Å². The standard InChI is InChI=1S/C16H15BrN2O/c1-12-2-3-13(16(17)10-12)11-19-14-4-6-15(7-5-14)20-9-8-18/h2-7,10,19H,9,11H2,1H3. The first-order valence-corrected chi connectivity index (χ1v) is 7.07. The summed E-state index contributed by atoms with van der Waals surface area (Å²) in [6.45, 7) is 2.89. The van der Waals surface area contributed by atoms with Crippen LogP contribution in [0.3, 0.4) is 0 Å². The number of halogens is 1. The Morgan fingerprint density at radius 1 is 1.20 bits per heavy atom. The average molecular weight is 331 g/mol. The quantitative estimate of drug-likeness (QED) is 0.890. The van der Waals surface area contributed by atoms with Gasteiger partial charge in [-0.2, -0.15) is 5.26 Å². The first kappa shape index (κ1) is 14.4. The Morgan fingerprint density at radius 2 is 1.95 bits per heavy atom. The topological polar surface area (TPSA) is 45.0 Å². The first-order valence-electron chi connectivity index (χ1n) is 6.28. The molecule has 102 valence electrons. The minimum absolute atomic E-state index is 0.0725. The number of nitrogens with one attached hydrogen (secondary N) is 1. The minimum Gasteiger partial charge on any atom is -0.479 e. The van der Waals surface area contributed by atoms with Crippen LogP contribution >= 0.6 is 15.9 Å². The highest BCUT2D eigenvalue weighted by Gasteiger charge is 2.00. The Kier molecular flexibility index (Phi) is 5.03. The van der Waals surface area contributed by atoms with Crippen molar-refractivity contribution in [2.75, 3.05) is 11.9 Å². The van der Waals surface area contributed by atoms with Crippen LogP contribution in [0.15, 0.2) is 46.9 Å². The van der Waals surface area contributed by atoms with Crippen molar-refractivity contribution < 1.29 is 4.74 Å². The Balaban J connectivity index is 1.95. The van der Waals surface area contributed by atoms with Crippen molar-refractivity contribution in [3.8, 4) is 11.8 Å². The molecule has 0 atom stereocenters.